The molecule has 0 atom stereocenters. The monoisotopic (exact) mass is 593 g/mol. The Labute approximate surface area is 227 Å². The predicted octanol–water partition coefficient (Wildman–Crippen LogP) is 4.97. The minimum absolute atomic E-state index is 0.0868. The van der Waals surface area contributed by atoms with Crippen LogP contribution in [0.3, 0.4) is 0 Å². The van der Waals surface area contributed by atoms with Crippen LogP contribution >= 0.6 is 39.3 Å². The average molecular weight is 595 g/mol. The summed E-state index contributed by atoms with van der Waals surface area (Å²) in [5, 5.41) is 1.13. The van der Waals surface area contributed by atoms with Gasteiger partial charge in [0.2, 0.25) is 0 Å². The quantitative estimate of drug-likeness (QED) is 0.421. The fourth-order valence-electron chi connectivity index (χ4n) is 3.62. The fraction of sp³-hybridized carbons (Fsp3) is 0.320. The topological polar surface area (TPSA) is 80.7 Å². The number of carbonyl (C=O) groups excluding carboxylic acids is 2. The molecule has 2 amide bonds. The summed E-state index contributed by atoms with van der Waals surface area (Å²) in [5.41, 5.74) is 1.42. The van der Waals surface area contributed by atoms with Gasteiger partial charge < -0.3 is 19.1 Å². The third-order valence-corrected chi connectivity index (χ3v) is 7.77. The Bertz CT molecular complexity index is 1220. The van der Waals surface area contributed by atoms with E-state index in [9.17, 15) is 9.59 Å². The highest BCUT2D eigenvalue weighted by molar-refractivity contribution is 9.10. The van der Waals surface area contributed by atoms with E-state index in [1.165, 1.54) is 18.9 Å². The van der Waals surface area contributed by atoms with Gasteiger partial charge in [0.15, 0.2) is 23.3 Å². The molecule has 2 aromatic carbocycles. The molecular weight excluding hydrogens is 570 g/mol. The van der Waals surface area contributed by atoms with Crippen molar-refractivity contribution in [1.82, 2.24) is 9.80 Å². The Morgan fingerprint density at radius 1 is 1.22 bits per heavy atom. The predicted molar refractivity (Wildman–Crippen MR) is 145 cm³/mol. The normalized spacial score (nSPS) is 18.3. The molecule has 2 saturated heterocycles. The van der Waals surface area contributed by atoms with Crippen LogP contribution in [-0.4, -0.2) is 73.3 Å². The number of thioether (sulfide) groups is 1. The third-order valence-electron chi connectivity index (χ3n) is 5.53. The Morgan fingerprint density at radius 2 is 2.00 bits per heavy atom. The first-order valence-electron chi connectivity index (χ1n) is 11.3. The molecule has 0 aromatic heterocycles. The van der Waals surface area contributed by atoms with Crippen molar-refractivity contribution in [3.8, 4) is 11.5 Å². The summed E-state index contributed by atoms with van der Waals surface area (Å²) in [4.78, 5) is 33.9. The molecule has 0 unspecified atom stereocenters. The number of morpholine rings is 1. The average Bonchev–Trinajstić information content (AvgIpc) is 3.18. The number of nitrogens with zero attached hydrogens (tertiary/aromatic N) is 3. The van der Waals surface area contributed by atoms with Crippen molar-refractivity contribution >= 4 is 68.0 Å². The van der Waals surface area contributed by atoms with E-state index in [0.29, 0.717) is 65.1 Å². The van der Waals surface area contributed by atoms with E-state index in [0.717, 1.165) is 10.0 Å². The van der Waals surface area contributed by atoms with Crippen LogP contribution in [0.1, 0.15) is 12.5 Å². The summed E-state index contributed by atoms with van der Waals surface area (Å²) in [6.07, 6.45) is 1.79. The number of likely N-dealkylation sites (N-methyl/N-ethyl adjacent to an activating group) is 1. The lowest BCUT2D eigenvalue weighted by molar-refractivity contribution is -0.137. The number of ether oxygens (including phenoxy) is 3. The van der Waals surface area contributed by atoms with E-state index in [-0.39, 0.29) is 18.4 Å². The number of rotatable bonds is 7. The Kier molecular flexibility index (Phi) is 8.95. The summed E-state index contributed by atoms with van der Waals surface area (Å²) >= 11 is 10.9. The lowest BCUT2D eigenvalue weighted by Crippen LogP contribution is -2.43. The number of amidine groups is 1. The highest BCUT2D eigenvalue weighted by Gasteiger charge is 2.32. The van der Waals surface area contributed by atoms with E-state index in [4.69, 9.17) is 25.8 Å². The summed E-state index contributed by atoms with van der Waals surface area (Å²) in [7, 11) is 1.53. The van der Waals surface area contributed by atoms with Gasteiger partial charge in [-0.1, -0.05) is 17.7 Å². The second kappa shape index (κ2) is 12.1. The van der Waals surface area contributed by atoms with Crippen LogP contribution in [0.25, 0.3) is 6.08 Å². The highest BCUT2D eigenvalue weighted by Crippen LogP contribution is 2.36. The van der Waals surface area contributed by atoms with Crippen LogP contribution in [0.15, 0.2) is 50.8 Å². The molecule has 0 saturated carbocycles. The maximum atomic E-state index is 13.0. The van der Waals surface area contributed by atoms with Gasteiger partial charge in [-0.25, -0.2) is 4.99 Å². The van der Waals surface area contributed by atoms with Crippen LogP contribution in [-0.2, 0) is 14.3 Å². The third kappa shape index (κ3) is 6.23. The molecule has 0 aliphatic carbocycles. The van der Waals surface area contributed by atoms with E-state index >= 15 is 0 Å². The molecule has 0 radical (unpaired) electrons. The Balaban J connectivity index is 1.50. The number of hydrogen-bond donors (Lipinski definition) is 0. The summed E-state index contributed by atoms with van der Waals surface area (Å²) in [5.74, 6) is 0.703. The molecule has 2 aliphatic rings. The molecule has 2 heterocycles. The van der Waals surface area contributed by atoms with E-state index in [1.54, 1.807) is 34.1 Å². The van der Waals surface area contributed by atoms with E-state index in [1.807, 2.05) is 25.1 Å². The van der Waals surface area contributed by atoms with Gasteiger partial charge in [-0.05, 0) is 76.6 Å². The minimum atomic E-state index is -0.125. The number of benzene rings is 2. The molecule has 0 N–H and O–H groups in total. The van der Waals surface area contributed by atoms with Gasteiger partial charge in [0.1, 0.15) is 0 Å². The SMILES string of the molecule is CCN1C(=O)/C(=C/c2ccc(OCC(=O)N3CCOCC3)c(OC)c2)SC1=Nc1ccc(Br)c(Cl)c1. The summed E-state index contributed by atoms with van der Waals surface area (Å²) < 4.78 is 17.3. The molecule has 2 aliphatic heterocycles. The zero-order valence-corrected chi connectivity index (χ0v) is 23.0. The Morgan fingerprint density at radius 3 is 2.69 bits per heavy atom. The van der Waals surface area contributed by atoms with Crippen molar-refractivity contribution in [1.29, 1.82) is 0 Å². The van der Waals surface area contributed by atoms with Crippen molar-refractivity contribution < 1.29 is 23.8 Å². The minimum Gasteiger partial charge on any atom is -0.493 e. The fourth-order valence-corrected chi connectivity index (χ4v) is 5.11. The maximum Gasteiger partial charge on any atom is 0.266 e. The number of halogens is 2. The first kappa shape index (κ1) is 26.5. The van der Waals surface area contributed by atoms with Crippen molar-refractivity contribution in [2.45, 2.75) is 6.92 Å². The van der Waals surface area contributed by atoms with Crippen molar-refractivity contribution in [3.05, 3.63) is 56.4 Å². The molecule has 11 heteroatoms. The highest BCUT2D eigenvalue weighted by atomic mass is 79.9. The van der Waals surface area contributed by atoms with Gasteiger partial charge in [0.25, 0.3) is 11.8 Å². The number of amides is 2. The standard InChI is InChI=1S/C25H25BrClN3O5S/c1-3-30-24(32)22(36-25(30)28-17-5-6-18(26)19(27)14-17)13-16-4-7-20(21(12-16)33-2)35-15-23(31)29-8-10-34-11-9-29/h4-7,12-14H,3,8-11,15H2,1-2H3/b22-13-,28-25?. The Hall–Kier alpha value is -2.53. The van der Waals surface area contributed by atoms with Crippen LogP contribution in [0, 0.1) is 0 Å². The van der Waals surface area contributed by atoms with E-state index < -0.39 is 0 Å². The van der Waals surface area contributed by atoms with Crippen molar-refractivity contribution in [3.63, 3.8) is 0 Å². The molecular formula is C25H25BrClN3O5S. The molecule has 36 heavy (non-hydrogen) atoms. The number of hydrogen-bond acceptors (Lipinski definition) is 7. The number of aliphatic imine (C=N–C) groups is 1. The zero-order valence-electron chi connectivity index (χ0n) is 19.8. The first-order chi connectivity index (χ1) is 17.4. The van der Waals surface area contributed by atoms with E-state index in [2.05, 4.69) is 20.9 Å². The second-order valence-corrected chi connectivity index (χ2v) is 10.1. The van der Waals surface area contributed by atoms with Gasteiger partial charge in [0, 0.05) is 24.1 Å². The largest absolute Gasteiger partial charge is 0.493 e. The van der Waals surface area contributed by atoms with Gasteiger partial charge >= 0.3 is 0 Å². The van der Waals surface area contributed by atoms with Crippen molar-refractivity contribution in [2.24, 2.45) is 4.99 Å². The van der Waals surface area contributed by atoms with Gasteiger partial charge in [0.05, 0.1) is 35.9 Å². The first-order valence-corrected chi connectivity index (χ1v) is 13.3. The van der Waals surface area contributed by atoms with Gasteiger partial charge in [-0.2, -0.15) is 0 Å². The van der Waals surface area contributed by atoms with Crippen LogP contribution in [0.2, 0.25) is 5.02 Å². The second-order valence-electron chi connectivity index (χ2n) is 7.84. The molecule has 0 spiro atoms. The van der Waals surface area contributed by atoms with Crippen LogP contribution < -0.4 is 9.47 Å². The number of carbonyl (C=O) groups is 2. The van der Waals surface area contributed by atoms with Crippen LogP contribution in [0.4, 0.5) is 5.69 Å². The lowest BCUT2D eigenvalue weighted by Gasteiger charge is -2.26. The molecule has 4 rings (SSSR count). The summed E-state index contributed by atoms with van der Waals surface area (Å²) in [6, 6.07) is 10.7. The zero-order chi connectivity index (χ0) is 25.7. The number of methoxy groups -OCH3 is 1. The molecule has 0 bridgehead atoms. The molecule has 8 nitrogen and oxygen atoms in total. The van der Waals surface area contributed by atoms with Gasteiger partial charge in [-0.15, -0.1) is 0 Å². The molecule has 190 valence electrons. The lowest BCUT2D eigenvalue weighted by atomic mass is 10.2. The van der Waals surface area contributed by atoms with Crippen molar-refractivity contribution in [2.75, 3.05) is 46.6 Å². The smallest absolute Gasteiger partial charge is 0.266 e. The summed E-state index contributed by atoms with van der Waals surface area (Å²) in [6.45, 7) is 4.50. The molecule has 2 fully saturated rings. The maximum absolute atomic E-state index is 13.0. The van der Waals surface area contributed by atoms with Gasteiger partial charge in [-0.3, -0.25) is 14.5 Å². The molecule has 2 aromatic rings. The van der Waals surface area contributed by atoms with Crippen LogP contribution in [0.5, 0.6) is 11.5 Å².